The Hall–Kier alpha value is -2.16. The molecule has 2 unspecified atom stereocenters. The molecular formula is C18H21FN2O2. The molecule has 0 spiro atoms. The third-order valence-corrected chi connectivity index (χ3v) is 3.97. The zero-order chi connectivity index (χ0) is 17.2. The quantitative estimate of drug-likeness (QED) is 0.886. The number of nitrogens with zero attached hydrogens (tertiary/aromatic N) is 1. The van der Waals surface area contributed by atoms with Gasteiger partial charge in [0.05, 0.1) is 11.6 Å². The number of benzene rings is 1. The highest BCUT2D eigenvalue weighted by Gasteiger charge is 2.28. The van der Waals surface area contributed by atoms with Crippen molar-refractivity contribution < 1.29 is 13.9 Å². The standard InChI is InChI=1S/C18H21FN2O2/c1-11-7-16(13(3)23-11)18(4,22)10-21-12(2)15-6-5-14(9-20)8-17(15)19/h5-8,12,21-22H,10H2,1-4H3. The third kappa shape index (κ3) is 3.79. The second kappa shape index (κ2) is 6.53. The molecule has 0 bridgehead atoms. The number of aliphatic hydroxyl groups is 1. The summed E-state index contributed by atoms with van der Waals surface area (Å²) in [6.07, 6.45) is 0. The average molecular weight is 316 g/mol. The number of furan rings is 1. The van der Waals surface area contributed by atoms with E-state index in [0.717, 1.165) is 11.3 Å². The van der Waals surface area contributed by atoms with Gasteiger partial charge in [0.1, 0.15) is 22.9 Å². The molecule has 0 saturated heterocycles. The topological polar surface area (TPSA) is 69.2 Å². The van der Waals surface area contributed by atoms with Crippen LogP contribution >= 0.6 is 0 Å². The fourth-order valence-corrected chi connectivity index (χ4v) is 2.67. The molecule has 0 saturated carbocycles. The molecule has 122 valence electrons. The fraction of sp³-hybridized carbons (Fsp3) is 0.389. The van der Waals surface area contributed by atoms with Gasteiger partial charge in [-0.2, -0.15) is 5.26 Å². The first kappa shape index (κ1) is 17.2. The van der Waals surface area contributed by atoms with Gasteiger partial charge in [-0.15, -0.1) is 0 Å². The van der Waals surface area contributed by atoms with E-state index in [1.807, 2.05) is 26.0 Å². The van der Waals surface area contributed by atoms with Crippen LogP contribution in [0.4, 0.5) is 4.39 Å². The van der Waals surface area contributed by atoms with Crippen LogP contribution in [0.3, 0.4) is 0 Å². The van der Waals surface area contributed by atoms with Crippen LogP contribution in [0.25, 0.3) is 0 Å². The summed E-state index contributed by atoms with van der Waals surface area (Å²) in [4.78, 5) is 0. The summed E-state index contributed by atoms with van der Waals surface area (Å²) in [6, 6.07) is 7.81. The Morgan fingerprint density at radius 3 is 2.61 bits per heavy atom. The molecular weight excluding hydrogens is 295 g/mol. The van der Waals surface area contributed by atoms with Crippen molar-refractivity contribution in [2.45, 2.75) is 39.3 Å². The summed E-state index contributed by atoms with van der Waals surface area (Å²) in [5, 5.41) is 22.6. The lowest BCUT2D eigenvalue weighted by molar-refractivity contribution is 0.0528. The van der Waals surface area contributed by atoms with E-state index >= 15 is 0 Å². The van der Waals surface area contributed by atoms with E-state index in [2.05, 4.69) is 5.32 Å². The largest absolute Gasteiger partial charge is 0.466 e. The molecule has 0 aliphatic carbocycles. The lowest BCUT2D eigenvalue weighted by Crippen LogP contribution is -2.37. The van der Waals surface area contributed by atoms with Gasteiger partial charge in [-0.1, -0.05) is 6.07 Å². The zero-order valence-corrected chi connectivity index (χ0v) is 13.8. The van der Waals surface area contributed by atoms with Gasteiger partial charge >= 0.3 is 0 Å². The van der Waals surface area contributed by atoms with Crippen LogP contribution in [0.2, 0.25) is 0 Å². The van der Waals surface area contributed by atoms with Gasteiger partial charge in [0.25, 0.3) is 0 Å². The summed E-state index contributed by atoms with van der Waals surface area (Å²) in [5.74, 6) is 0.981. The first-order valence-corrected chi connectivity index (χ1v) is 7.47. The summed E-state index contributed by atoms with van der Waals surface area (Å²) >= 11 is 0. The fourth-order valence-electron chi connectivity index (χ4n) is 2.67. The van der Waals surface area contributed by atoms with Crippen LogP contribution in [0.1, 0.15) is 48.1 Å². The van der Waals surface area contributed by atoms with Crippen LogP contribution in [-0.2, 0) is 5.60 Å². The van der Waals surface area contributed by atoms with E-state index in [1.54, 1.807) is 26.0 Å². The Morgan fingerprint density at radius 1 is 1.39 bits per heavy atom. The SMILES string of the molecule is Cc1cc(C(C)(O)CNC(C)c2ccc(C#N)cc2F)c(C)o1. The van der Waals surface area contributed by atoms with Crippen LogP contribution in [0.5, 0.6) is 0 Å². The zero-order valence-electron chi connectivity index (χ0n) is 13.8. The van der Waals surface area contributed by atoms with E-state index in [1.165, 1.54) is 6.07 Å². The van der Waals surface area contributed by atoms with Crippen LogP contribution in [0.15, 0.2) is 28.7 Å². The van der Waals surface area contributed by atoms with E-state index in [9.17, 15) is 9.50 Å². The smallest absolute Gasteiger partial charge is 0.129 e. The molecule has 1 aromatic heterocycles. The molecule has 0 aliphatic heterocycles. The van der Waals surface area contributed by atoms with Crippen LogP contribution in [0, 0.1) is 31.0 Å². The maximum absolute atomic E-state index is 14.0. The second-order valence-corrected chi connectivity index (χ2v) is 6.05. The van der Waals surface area contributed by atoms with Crippen LogP contribution in [-0.4, -0.2) is 11.7 Å². The predicted molar refractivity (Wildman–Crippen MR) is 85.3 cm³/mol. The van der Waals surface area contributed by atoms with Crippen molar-refractivity contribution in [3.8, 4) is 6.07 Å². The molecule has 2 rings (SSSR count). The molecule has 1 aromatic carbocycles. The highest BCUT2D eigenvalue weighted by molar-refractivity contribution is 5.34. The summed E-state index contributed by atoms with van der Waals surface area (Å²) in [7, 11) is 0. The Kier molecular flexibility index (Phi) is 4.88. The molecule has 23 heavy (non-hydrogen) atoms. The van der Waals surface area contributed by atoms with Crippen molar-refractivity contribution >= 4 is 0 Å². The Balaban J connectivity index is 2.11. The summed E-state index contributed by atoms with van der Waals surface area (Å²) in [6.45, 7) is 7.38. The molecule has 0 amide bonds. The molecule has 2 aromatic rings. The molecule has 0 fully saturated rings. The predicted octanol–water partition coefficient (Wildman–Crippen LogP) is 3.47. The minimum atomic E-state index is -1.13. The Morgan fingerprint density at radius 2 is 2.09 bits per heavy atom. The second-order valence-electron chi connectivity index (χ2n) is 6.05. The third-order valence-electron chi connectivity index (χ3n) is 3.97. The first-order valence-electron chi connectivity index (χ1n) is 7.47. The summed E-state index contributed by atoms with van der Waals surface area (Å²) in [5.41, 5.74) is 0.337. The number of aryl methyl sites for hydroxylation is 2. The van der Waals surface area contributed by atoms with Gasteiger partial charge in [-0.3, -0.25) is 0 Å². The van der Waals surface area contributed by atoms with Gasteiger partial charge in [0.2, 0.25) is 0 Å². The van der Waals surface area contributed by atoms with Crippen molar-refractivity contribution in [2.24, 2.45) is 0 Å². The minimum Gasteiger partial charge on any atom is -0.466 e. The monoisotopic (exact) mass is 316 g/mol. The van der Waals surface area contributed by atoms with E-state index < -0.39 is 11.4 Å². The maximum Gasteiger partial charge on any atom is 0.129 e. The lowest BCUT2D eigenvalue weighted by Gasteiger charge is -2.26. The van der Waals surface area contributed by atoms with Crippen molar-refractivity contribution in [3.05, 3.63) is 58.3 Å². The van der Waals surface area contributed by atoms with Gasteiger partial charge in [-0.05, 0) is 45.9 Å². The number of nitriles is 1. The molecule has 1 heterocycles. The van der Waals surface area contributed by atoms with Crippen molar-refractivity contribution in [2.75, 3.05) is 6.54 Å². The Labute approximate surface area is 135 Å². The number of hydrogen-bond donors (Lipinski definition) is 2. The Bertz CT molecular complexity index is 744. The number of rotatable bonds is 5. The van der Waals surface area contributed by atoms with Gasteiger partial charge < -0.3 is 14.8 Å². The molecule has 2 atom stereocenters. The normalized spacial score (nSPS) is 15.0. The molecule has 4 nitrogen and oxygen atoms in total. The molecule has 2 N–H and O–H groups in total. The molecule has 0 aliphatic rings. The number of halogens is 1. The lowest BCUT2D eigenvalue weighted by atomic mass is 9.95. The summed E-state index contributed by atoms with van der Waals surface area (Å²) < 4.78 is 19.5. The maximum atomic E-state index is 14.0. The van der Waals surface area contributed by atoms with Crippen molar-refractivity contribution in [1.82, 2.24) is 5.32 Å². The molecule has 5 heteroatoms. The highest BCUT2D eigenvalue weighted by atomic mass is 19.1. The van der Waals surface area contributed by atoms with Crippen molar-refractivity contribution in [1.29, 1.82) is 5.26 Å². The van der Waals surface area contributed by atoms with E-state index in [-0.39, 0.29) is 18.2 Å². The van der Waals surface area contributed by atoms with Crippen molar-refractivity contribution in [3.63, 3.8) is 0 Å². The minimum absolute atomic E-state index is 0.243. The highest BCUT2D eigenvalue weighted by Crippen LogP contribution is 2.27. The van der Waals surface area contributed by atoms with E-state index in [0.29, 0.717) is 11.3 Å². The first-order chi connectivity index (χ1) is 10.7. The molecule has 0 radical (unpaired) electrons. The van der Waals surface area contributed by atoms with Crippen LogP contribution < -0.4 is 5.32 Å². The van der Waals surface area contributed by atoms with E-state index in [4.69, 9.17) is 9.68 Å². The van der Waals surface area contributed by atoms with Gasteiger partial charge in [0.15, 0.2) is 0 Å². The number of hydrogen-bond acceptors (Lipinski definition) is 4. The average Bonchev–Trinajstić information content (AvgIpc) is 2.84. The van der Waals surface area contributed by atoms with Gasteiger partial charge in [-0.25, -0.2) is 4.39 Å². The van der Waals surface area contributed by atoms with Gasteiger partial charge in [0, 0.05) is 23.7 Å². The number of nitrogens with one attached hydrogen (secondary N) is 1.